The number of para-hydroxylation sites is 2. The van der Waals surface area contributed by atoms with E-state index >= 15 is 0 Å². The standard InChI is InChI=1S/C19H18ClNO5/c20-14-7-5-13(6-8-14)9-10-21-18(22)12-25-19(23)17-11-24-15-3-1-2-4-16(15)26-17/h1-8,17H,9-12H2,(H,21,22)/t17-/m0/s1. The van der Waals surface area contributed by atoms with Gasteiger partial charge in [-0.25, -0.2) is 4.79 Å². The largest absolute Gasteiger partial charge is 0.485 e. The molecule has 7 heteroatoms. The van der Waals surface area contributed by atoms with Gasteiger partial charge in [0.2, 0.25) is 6.10 Å². The van der Waals surface area contributed by atoms with Gasteiger partial charge in [0, 0.05) is 11.6 Å². The van der Waals surface area contributed by atoms with Crippen molar-refractivity contribution in [1.82, 2.24) is 5.32 Å². The van der Waals surface area contributed by atoms with Gasteiger partial charge in [-0.2, -0.15) is 0 Å². The molecular formula is C19H18ClNO5. The van der Waals surface area contributed by atoms with E-state index in [1.807, 2.05) is 18.2 Å². The molecule has 1 aliphatic heterocycles. The zero-order valence-electron chi connectivity index (χ0n) is 13.9. The maximum absolute atomic E-state index is 12.0. The van der Waals surface area contributed by atoms with Gasteiger partial charge in [0.05, 0.1) is 0 Å². The molecule has 1 heterocycles. The number of hydrogen-bond acceptors (Lipinski definition) is 5. The number of esters is 1. The van der Waals surface area contributed by atoms with E-state index in [4.69, 9.17) is 25.8 Å². The Bertz CT molecular complexity index is 778. The van der Waals surface area contributed by atoms with Gasteiger partial charge < -0.3 is 19.5 Å². The van der Waals surface area contributed by atoms with E-state index in [1.54, 1.807) is 30.3 Å². The summed E-state index contributed by atoms with van der Waals surface area (Å²) in [4.78, 5) is 23.8. The van der Waals surface area contributed by atoms with E-state index in [0.717, 1.165) is 5.56 Å². The molecule has 0 radical (unpaired) electrons. The number of carbonyl (C=O) groups is 2. The van der Waals surface area contributed by atoms with Crippen LogP contribution in [0.15, 0.2) is 48.5 Å². The maximum atomic E-state index is 12.0. The van der Waals surface area contributed by atoms with Crippen LogP contribution in [0.5, 0.6) is 11.5 Å². The van der Waals surface area contributed by atoms with Crippen molar-refractivity contribution in [2.45, 2.75) is 12.5 Å². The average Bonchev–Trinajstić information content (AvgIpc) is 2.67. The van der Waals surface area contributed by atoms with Crippen LogP contribution in [0.25, 0.3) is 0 Å². The highest BCUT2D eigenvalue weighted by atomic mass is 35.5. The number of hydrogen-bond donors (Lipinski definition) is 1. The fraction of sp³-hybridized carbons (Fsp3) is 0.263. The quantitative estimate of drug-likeness (QED) is 0.785. The fourth-order valence-corrected chi connectivity index (χ4v) is 2.54. The minimum absolute atomic E-state index is 0.0496. The van der Waals surface area contributed by atoms with Crippen molar-refractivity contribution in [3.63, 3.8) is 0 Å². The fourth-order valence-electron chi connectivity index (χ4n) is 2.41. The molecule has 3 rings (SSSR count). The Balaban J connectivity index is 1.37. The molecule has 1 atom stereocenters. The first-order valence-electron chi connectivity index (χ1n) is 8.18. The van der Waals surface area contributed by atoms with Crippen LogP contribution in [0.4, 0.5) is 0 Å². The molecular weight excluding hydrogens is 358 g/mol. The van der Waals surface area contributed by atoms with Crippen LogP contribution >= 0.6 is 11.6 Å². The second kappa shape index (κ2) is 8.58. The number of fused-ring (bicyclic) bond motifs is 1. The minimum Gasteiger partial charge on any atom is -0.485 e. The molecule has 0 saturated carbocycles. The summed E-state index contributed by atoms with van der Waals surface area (Å²) in [5.74, 6) is 0.0569. The number of nitrogens with one attached hydrogen (secondary N) is 1. The summed E-state index contributed by atoms with van der Waals surface area (Å²) in [6, 6.07) is 14.4. The molecule has 0 saturated heterocycles. The lowest BCUT2D eigenvalue weighted by Crippen LogP contribution is -2.39. The monoisotopic (exact) mass is 375 g/mol. The molecule has 0 spiro atoms. The van der Waals surface area contributed by atoms with Crippen LogP contribution in [0, 0.1) is 0 Å². The van der Waals surface area contributed by atoms with Crippen LogP contribution in [0.1, 0.15) is 5.56 Å². The van der Waals surface area contributed by atoms with Gasteiger partial charge in [0.15, 0.2) is 18.1 Å². The Hall–Kier alpha value is -2.73. The number of carbonyl (C=O) groups excluding carboxylic acids is 2. The van der Waals surface area contributed by atoms with Gasteiger partial charge in [0.1, 0.15) is 6.61 Å². The first-order chi connectivity index (χ1) is 12.6. The summed E-state index contributed by atoms with van der Waals surface area (Å²) >= 11 is 5.82. The highest BCUT2D eigenvalue weighted by Gasteiger charge is 2.29. The van der Waals surface area contributed by atoms with Gasteiger partial charge in [0.25, 0.3) is 5.91 Å². The SMILES string of the molecule is O=C(COC(=O)[C@@H]1COc2ccccc2O1)NCCc1ccc(Cl)cc1. The number of halogens is 1. The van der Waals surface area contributed by atoms with Gasteiger partial charge in [-0.3, -0.25) is 4.79 Å². The summed E-state index contributed by atoms with van der Waals surface area (Å²) in [5, 5.41) is 3.37. The van der Waals surface area contributed by atoms with Crippen LogP contribution in [-0.4, -0.2) is 37.7 Å². The van der Waals surface area contributed by atoms with Gasteiger partial charge in [-0.1, -0.05) is 35.9 Å². The first-order valence-corrected chi connectivity index (χ1v) is 8.56. The van der Waals surface area contributed by atoms with E-state index in [1.165, 1.54) is 0 Å². The molecule has 2 aromatic carbocycles. The highest BCUT2D eigenvalue weighted by molar-refractivity contribution is 6.30. The zero-order valence-corrected chi connectivity index (χ0v) is 14.7. The lowest BCUT2D eigenvalue weighted by Gasteiger charge is -2.24. The Labute approximate surface area is 156 Å². The molecule has 1 amide bonds. The topological polar surface area (TPSA) is 73.9 Å². The normalized spacial score (nSPS) is 15.2. The smallest absolute Gasteiger partial charge is 0.351 e. The summed E-state index contributed by atoms with van der Waals surface area (Å²) in [7, 11) is 0. The third kappa shape index (κ3) is 4.89. The van der Waals surface area contributed by atoms with Crippen molar-refractivity contribution < 1.29 is 23.8 Å². The Kier molecular flexibility index (Phi) is 5.96. The molecule has 0 fully saturated rings. The van der Waals surface area contributed by atoms with Crippen molar-refractivity contribution in [2.24, 2.45) is 0 Å². The second-order valence-corrected chi connectivity index (χ2v) is 6.13. The third-order valence-electron chi connectivity index (χ3n) is 3.77. The molecule has 1 N–H and O–H groups in total. The Morgan fingerprint density at radius 3 is 2.62 bits per heavy atom. The van der Waals surface area contributed by atoms with E-state index < -0.39 is 12.1 Å². The predicted octanol–water partition coefficient (Wildman–Crippen LogP) is 2.38. The van der Waals surface area contributed by atoms with Crippen LogP contribution in [0.2, 0.25) is 5.02 Å². The lowest BCUT2D eigenvalue weighted by atomic mass is 10.1. The molecule has 0 bridgehead atoms. The van der Waals surface area contributed by atoms with E-state index in [0.29, 0.717) is 29.5 Å². The number of benzene rings is 2. The molecule has 0 aliphatic carbocycles. The third-order valence-corrected chi connectivity index (χ3v) is 4.02. The second-order valence-electron chi connectivity index (χ2n) is 5.70. The summed E-state index contributed by atoms with van der Waals surface area (Å²) in [6.45, 7) is 0.128. The van der Waals surface area contributed by atoms with Gasteiger partial charge in [-0.05, 0) is 36.2 Å². The van der Waals surface area contributed by atoms with Gasteiger partial charge in [-0.15, -0.1) is 0 Å². The number of rotatable bonds is 6. The van der Waals surface area contributed by atoms with Crippen molar-refractivity contribution in [2.75, 3.05) is 19.8 Å². The van der Waals surface area contributed by atoms with Crippen molar-refractivity contribution >= 4 is 23.5 Å². The molecule has 0 unspecified atom stereocenters. The zero-order chi connectivity index (χ0) is 18.4. The Morgan fingerprint density at radius 1 is 1.12 bits per heavy atom. The van der Waals surface area contributed by atoms with Crippen LogP contribution in [-0.2, 0) is 20.7 Å². The molecule has 1 aliphatic rings. The molecule has 26 heavy (non-hydrogen) atoms. The van der Waals surface area contributed by atoms with Crippen molar-refractivity contribution in [1.29, 1.82) is 0 Å². The first kappa shape index (κ1) is 18.1. The predicted molar refractivity (Wildman–Crippen MR) is 95.5 cm³/mol. The molecule has 2 aromatic rings. The summed E-state index contributed by atoms with van der Waals surface area (Å²) in [6.07, 6.45) is -0.223. The van der Waals surface area contributed by atoms with Crippen LogP contribution < -0.4 is 14.8 Å². The molecule has 136 valence electrons. The number of ether oxygens (including phenoxy) is 3. The summed E-state index contributed by atoms with van der Waals surface area (Å²) in [5.41, 5.74) is 1.05. The van der Waals surface area contributed by atoms with E-state index in [2.05, 4.69) is 5.32 Å². The van der Waals surface area contributed by atoms with E-state index in [-0.39, 0.29) is 19.1 Å². The molecule has 6 nitrogen and oxygen atoms in total. The molecule has 0 aromatic heterocycles. The van der Waals surface area contributed by atoms with Crippen molar-refractivity contribution in [3.8, 4) is 11.5 Å². The summed E-state index contributed by atoms with van der Waals surface area (Å²) < 4.78 is 16.0. The highest BCUT2D eigenvalue weighted by Crippen LogP contribution is 2.31. The van der Waals surface area contributed by atoms with Crippen LogP contribution in [0.3, 0.4) is 0 Å². The maximum Gasteiger partial charge on any atom is 0.351 e. The minimum atomic E-state index is -0.883. The van der Waals surface area contributed by atoms with E-state index in [9.17, 15) is 9.59 Å². The van der Waals surface area contributed by atoms with Crippen molar-refractivity contribution in [3.05, 3.63) is 59.1 Å². The Morgan fingerprint density at radius 2 is 1.85 bits per heavy atom. The number of amides is 1. The van der Waals surface area contributed by atoms with Gasteiger partial charge >= 0.3 is 5.97 Å². The lowest BCUT2D eigenvalue weighted by molar-refractivity contribution is -0.157. The average molecular weight is 376 g/mol.